The molecule has 3 aromatic rings. The maximum atomic E-state index is 13.0. The van der Waals surface area contributed by atoms with Crippen LogP contribution in [0.25, 0.3) is 11.1 Å². The van der Waals surface area contributed by atoms with Gasteiger partial charge in [0.1, 0.15) is 4.21 Å². The van der Waals surface area contributed by atoms with Gasteiger partial charge in [-0.3, -0.25) is 0 Å². The molecular weight excluding hydrogens is 438 g/mol. The van der Waals surface area contributed by atoms with Gasteiger partial charge in [-0.15, -0.1) is 23.7 Å². The van der Waals surface area contributed by atoms with Gasteiger partial charge < -0.3 is 5.32 Å². The third-order valence-electron chi connectivity index (χ3n) is 4.08. The molecule has 5 nitrogen and oxygen atoms in total. The number of anilines is 1. The van der Waals surface area contributed by atoms with E-state index < -0.39 is 19.7 Å². The Morgan fingerprint density at radius 2 is 1.64 bits per heavy atom. The van der Waals surface area contributed by atoms with Gasteiger partial charge in [0, 0.05) is 18.9 Å². The molecule has 0 unspecified atom stereocenters. The summed E-state index contributed by atoms with van der Waals surface area (Å²) in [6, 6.07) is 14.7. The topological polar surface area (TPSA) is 80.3 Å². The number of nitrogens with one attached hydrogen (secondary N) is 1. The Morgan fingerprint density at radius 1 is 0.929 bits per heavy atom. The summed E-state index contributed by atoms with van der Waals surface area (Å²) in [7, 11) is -5.55. The van der Waals surface area contributed by atoms with Crippen LogP contribution in [0.1, 0.15) is 5.56 Å². The first-order chi connectivity index (χ1) is 12.6. The van der Waals surface area contributed by atoms with Crippen LogP contribution in [0.4, 0.5) is 5.00 Å². The zero-order valence-corrected chi connectivity index (χ0v) is 18.7. The molecular formula is C19H20ClNO4S3. The number of halogens is 1. The molecule has 0 bridgehead atoms. The summed E-state index contributed by atoms with van der Waals surface area (Å²) in [5, 5.41) is 3.65. The maximum Gasteiger partial charge on any atom is 0.216 e. The SMILES string of the molecule is CNc1ccc(S(=O)(=O)c2ccc(S(C)(=O)=O)c(-c3cccc(C)c3)c2)s1.Cl. The fourth-order valence-electron chi connectivity index (χ4n) is 2.75. The molecule has 1 aromatic heterocycles. The van der Waals surface area contributed by atoms with E-state index >= 15 is 0 Å². The molecule has 3 rings (SSSR count). The van der Waals surface area contributed by atoms with Gasteiger partial charge in [0.15, 0.2) is 9.84 Å². The van der Waals surface area contributed by atoms with Gasteiger partial charge in [0.05, 0.1) is 14.8 Å². The predicted octanol–water partition coefficient (Wildman–Crippen LogP) is 4.42. The van der Waals surface area contributed by atoms with Crippen molar-refractivity contribution in [2.45, 2.75) is 20.9 Å². The van der Waals surface area contributed by atoms with E-state index in [1.54, 1.807) is 25.2 Å². The zero-order chi connectivity index (χ0) is 19.8. The van der Waals surface area contributed by atoms with Crippen LogP contribution in [0.5, 0.6) is 0 Å². The lowest BCUT2D eigenvalue weighted by Gasteiger charge is -2.12. The second-order valence-electron chi connectivity index (χ2n) is 6.17. The van der Waals surface area contributed by atoms with Gasteiger partial charge in [-0.2, -0.15) is 0 Å². The van der Waals surface area contributed by atoms with Crippen molar-refractivity contribution in [2.75, 3.05) is 18.6 Å². The van der Waals surface area contributed by atoms with Gasteiger partial charge in [-0.1, -0.05) is 29.8 Å². The Hall–Kier alpha value is -1.87. The quantitative estimate of drug-likeness (QED) is 0.613. The largest absolute Gasteiger partial charge is 0.380 e. The Kier molecular flexibility index (Phi) is 6.60. The smallest absolute Gasteiger partial charge is 0.216 e. The predicted molar refractivity (Wildman–Crippen MR) is 116 cm³/mol. The van der Waals surface area contributed by atoms with Crippen molar-refractivity contribution in [3.05, 3.63) is 60.2 Å². The molecule has 0 atom stereocenters. The summed E-state index contributed by atoms with van der Waals surface area (Å²) < 4.78 is 50.7. The molecule has 0 amide bonds. The molecule has 28 heavy (non-hydrogen) atoms. The number of rotatable bonds is 5. The van der Waals surface area contributed by atoms with Crippen LogP contribution < -0.4 is 5.32 Å². The summed E-state index contributed by atoms with van der Waals surface area (Å²) in [5.41, 5.74) is 2.00. The maximum absolute atomic E-state index is 13.0. The number of sulfone groups is 2. The van der Waals surface area contributed by atoms with Crippen LogP contribution in [-0.2, 0) is 19.7 Å². The van der Waals surface area contributed by atoms with Gasteiger partial charge in [-0.05, 0) is 42.8 Å². The van der Waals surface area contributed by atoms with Crippen LogP contribution in [0.3, 0.4) is 0 Å². The van der Waals surface area contributed by atoms with E-state index in [-0.39, 0.29) is 26.4 Å². The highest BCUT2D eigenvalue weighted by molar-refractivity contribution is 7.93. The van der Waals surface area contributed by atoms with Crippen molar-refractivity contribution < 1.29 is 16.8 Å². The minimum atomic E-state index is -3.75. The van der Waals surface area contributed by atoms with Gasteiger partial charge in [-0.25, -0.2) is 16.8 Å². The Morgan fingerprint density at radius 3 is 2.21 bits per heavy atom. The first-order valence-electron chi connectivity index (χ1n) is 8.07. The molecule has 0 fully saturated rings. The third-order valence-corrected chi connectivity index (χ3v) is 8.58. The molecule has 0 saturated heterocycles. The van der Waals surface area contributed by atoms with Gasteiger partial charge in [0.2, 0.25) is 9.84 Å². The second kappa shape index (κ2) is 8.24. The normalized spacial score (nSPS) is 11.7. The number of hydrogen-bond acceptors (Lipinski definition) is 6. The number of benzene rings is 2. The number of hydrogen-bond donors (Lipinski definition) is 1. The highest BCUT2D eigenvalue weighted by Gasteiger charge is 2.23. The van der Waals surface area contributed by atoms with Crippen LogP contribution >= 0.6 is 23.7 Å². The van der Waals surface area contributed by atoms with E-state index in [1.165, 1.54) is 18.2 Å². The molecule has 0 aliphatic heterocycles. The van der Waals surface area contributed by atoms with E-state index in [0.717, 1.165) is 28.2 Å². The van der Waals surface area contributed by atoms with Crippen LogP contribution in [0, 0.1) is 6.92 Å². The van der Waals surface area contributed by atoms with Crippen molar-refractivity contribution in [1.29, 1.82) is 0 Å². The molecule has 0 aliphatic rings. The lowest BCUT2D eigenvalue weighted by atomic mass is 10.0. The lowest BCUT2D eigenvalue weighted by molar-refractivity contribution is 0.596. The summed E-state index contributed by atoms with van der Waals surface area (Å²) in [6.07, 6.45) is 1.12. The lowest BCUT2D eigenvalue weighted by Crippen LogP contribution is -2.04. The van der Waals surface area contributed by atoms with Crippen molar-refractivity contribution in [2.24, 2.45) is 0 Å². The molecule has 0 aliphatic carbocycles. The fourth-order valence-corrected chi connectivity index (χ4v) is 6.23. The van der Waals surface area contributed by atoms with Crippen molar-refractivity contribution in [3.8, 4) is 11.1 Å². The van der Waals surface area contributed by atoms with E-state index in [4.69, 9.17) is 0 Å². The van der Waals surface area contributed by atoms with Crippen LogP contribution in [0.2, 0.25) is 0 Å². The molecule has 9 heteroatoms. The third kappa shape index (κ3) is 4.41. The first-order valence-corrected chi connectivity index (χ1v) is 12.3. The summed E-state index contributed by atoms with van der Waals surface area (Å²) >= 11 is 1.13. The van der Waals surface area contributed by atoms with E-state index in [9.17, 15) is 16.8 Å². The van der Waals surface area contributed by atoms with E-state index in [1.807, 2.05) is 25.1 Å². The van der Waals surface area contributed by atoms with Crippen molar-refractivity contribution >= 4 is 48.4 Å². The first kappa shape index (κ1) is 22.4. The molecule has 0 saturated carbocycles. The molecule has 150 valence electrons. The summed E-state index contributed by atoms with van der Waals surface area (Å²) in [5.74, 6) is 0. The van der Waals surface area contributed by atoms with Gasteiger partial charge >= 0.3 is 0 Å². The molecule has 1 N–H and O–H groups in total. The second-order valence-corrected chi connectivity index (χ2v) is 11.4. The molecule has 0 spiro atoms. The summed E-state index contributed by atoms with van der Waals surface area (Å²) in [4.78, 5) is 0.171. The number of aryl methyl sites for hydroxylation is 1. The highest BCUT2D eigenvalue weighted by atomic mass is 35.5. The Bertz CT molecular complexity index is 1220. The highest BCUT2D eigenvalue weighted by Crippen LogP contribution is 2.35. The Balaban J connectivity index is 0.00000280. The average molecular weight is 458 g/mol. The minimum absolute atomic E-state index is 0. The van der Waals surface area contributed by atoms with Gasteiger partial charge in [0.25, 0.3) is 0 Å². The zero-order valence-electron chi connectivity index (χ0n) is 15.5. The fraction of sp³-hybridized carbons (Fsp3) is 0.158. The molecule has 2 aromatic carbocycles. The Labute approximate surface area is 175 Å². The minimum Gasteiger partial charge on any atom is -0.380 e. The van der Waals surface area contributed by atoms with Crippen LogP contribution in [-0.4, -0.2) is 30.1 Å². The average Bonchev–Trinajstić information content (AvgIpc) is 3.10. The summed E-state index contributed by atoms with van der Waals surface area (Å²) in [6.45, 7) is 1.90. The standard InChI is InChI=1S/C19H19NO4S3.ClH/c1-13-5-4-6-14(11-13)16-12-15(7-8-17(16)26(3,21)22)27(23,24)19-10-9-18(20-2)25-19;/h4-12,20H,1-3H3;1H. The van der Waals surface area contributed by atoms with E-state index in [0.29, 0.717) is 11.1 Å². The molecule has 0 radical (unpaired) electrons. The van der Waals surface area contributed by atoms with Crippen molar-refractivity contribution in [1.82, 2.24) is 0 Å². The van der Waals surface area contributed by atoms with Crippen molar-refractivity contribution in [3.63, 3.8) is 0 Å². The van der Waals surface area contributed by atoms with Crippen LogP contribution in [0.15, 0.2) is 68.6 Å². The van der Waals surface area contributed by atoms with E-state index in [2.05, 4.69) is 5.32 Å². The molecule has 1 heterocycles. The monoisotopic (exact) mass is 457 g/mol. The number of thiophene rings is 1.